The predicted octanol–water partition coefficient (Wildman–Crippen LogP) is 6.42. The zero-order valence-electron chi connectivity index (χ0n) is 25.0. The van der Waals surface area contributed by atoms with Crippen LogP contribution < -0.4 is 9.64 Å². The van der Waals surface area contributed by atoms with E-state index in [1.165, 1.54) is 25.5 Å². The number of piperazine rings is 1. The summed E-state index contributed by atoms with van der Waals surface area (Å²) in [6, 6.07) is 13.5. The quantitative estimate of drug-likeness (QED) is 0.236. The highest BCUT2D eigenvalue weighted by Crippen LogP contribution is 2.31. The summed E-state index contributed by atoms with van der Waals surface area (Å²) >= 11 is 12.7. The third kappa shape index (κ3) is 9.53. The first kappa shape index (κ1) is 32.0. The van der Waals surface area contributed by atoms with Crippen LogP contribution in [-0.4, -0.2) is 86.0 Å². The van der Waals surface area contributed by atoms with E-state index < -0.39 is 9.84 Å². The Balaban J connectivity index is 1.26. The lowest BCUT2D eigenvalue weighted by atomic mass is 9.94. The first-order valence-corrected chi connectivity index (χ1v) is 17.9. The van der Waals surface area contributed by atoms with E-state index in [1.54, 1.807) is 12.3 Å². The number of hydrogen-bond donors (Lipinski definition) is 0. The summed E-state index contributed by atoms with van der Waals surface area (Å²) < 4.78 is 29.1. The molecular formula is C32H41Cl2N5O3S. The standard InChI is InChI=1S/C32H41Cl2N5O3S/c1-3-24-7-10-38(11-8-24)23-25-17-30(26-19-27(33)21-28(34)20-26)36-32(18-25)42-29-5-6-31(35-22-29)39-14-12-37(13-15-39)9-4-16-43(2,40)41/h5-6,17-22,24H,3-4,7-16,23H2,1-2H3. The van der Waals surface area contributed by atoms with Crippen LogP contribution in [0, 0.1) is 5.92 Å². The number of sulfone groups is 1. The molecule has 2 aliphatic rings. The van der Waals surface area contributed by atoms with Crippen molar-refractivity contribution in [2.45, 2.75) is 39.2 Å². The number of hydrogen-bond acceptors (Lipinski definition) is 8. The van der Waals surface area contributed by atoms with E-state index in [0.717, 1.165) is 80.9 Å². The maximum absolute atomic E-state index is 11.4. The van der Waals surface area contributed by atoms with Gasteiger partial charge in [0.25, 0.3) is 0 Å². The van der Waals surface area contributed by atoms with Crippen LogP contribution in [0.25, 0.3) is 11.3 Å². The van der Waals surface area contributed by atoms with E-state index in [-0.39, 0.29) is 5.75 Å². The number of aromatic nitrogens is 2. The monoisotopic (exact) mass is 645 g/mol. The van der Waals surface area contributed by atoms with Gasteiger partial charge < -0.3 is 9.64 Å². The number of pyridine rings is 2. The molecule has 2 aliphatic heterocycles. The third-order valence-corrected chi connectivity index (χ3v) is 9.81. The minimum Gasteiger partial charge on any atom is -0.437 e. The van der Waals surface area contributed by atoms with Crippen LogP contribution in [0.15, 0.2) is 48.7 Å². The van der Waals surface area contributed by atoms with E-state index in [1.807, 2.05) is 30.3 Å². The summed E-state index contributed by atoms with van der Waals surface area (Å²) in [6.07, 6.45) is 7.42. The number of piperidine rings is 1. The fourth-order valence-electron chi connectivity index (χ4n) is 5.85. The largest absolute Gasteiger partial charge is 0.437 e. The van der Waals surface area contributed by atoms with Crippen LogP contribution in [0.4, 0.5) is 5.82 Å². The van der Waals surface area contributed by atoms with Gasteiger partial charge in [-0.2, -0.15) is 0 Å². The molecule has 2 aromatic heterocycles. The van der Waals surface area contributed by atoms with Crippen LogP contribution >= 0.6 is 23.2 Å². The van der Waals surface area contributed by atoms with Crippen molar-refractivity contribution < 1.29 is 13.2 Å². The topological polar surface area (TPSA) is 78.9 Å². The molecule has 8 nitrogen and oxygen atoms in total. The van der Waals surface area contributed by atoms with Gasteiger partial charge in [0.1, 0.15) is 21.4 Å². The van der Waals surface area contributed by atoms with Crippen LogP contribution in [0.1, 0.15) is 38.2 Å². The molecule has 0 spiro atoms. The Labute approximate surface area is 265 Å². The van der Waals surface area contributed by atoms with Gasteiger partial charge in [0.05, 0.1) is 17.6 Å². The fraction of sp³-hybridized carbons (Fsp3) is 0.500. The molecule has 0 saturated carbocycles. The highest BCUT2D eigenvalue weighted by molar-refractivity contribution is 7.90. The summed E-state index contributed by atoms with van der Waals surface area (Å²) in [5.41, 5.74) is 2.74. The van der Waals surface area contributed by atoms with Crippen molar-refractivity contribution in [3.8, 4) is 22.9 Å². The number of halogens is 2. The lowest BCUT2D eigenvalue weighted by molar-refractivity contribution is 0.175. The van der Waals surface area contributed by atoms with Crippen molar-refractivity contribution >= 4 is 38.9 Å². The number of likely N-dealkylation sites (tertiary alicyclic amines) is 1. The predicted molar refractivity (Wildman–Crippen MR) is 175 cm³/mol. The maximum atomic E-state index is 11.4. The Hall–Kier alpha value is -2.43. The Morgan fingerprint density at radius 3 is 2.28 bits per heavy atom. The lowest BCUT2D eigenvalue weighted by Crippen LogP contribution is -2.47. The van der Waals surface area contributed by atoms with Gasteiger partial charge in [-0.1, -0.05) is 36.5 Å². The molecule has 3 aromatic rings. The number of anilines is 1. The van der Waals surface area contributed by atoms with E-state index in [4.69, 9.17) is 32.9 Å². The first-order chi connectivity index (χ1) is 20.6. The van der Waals surface area contributed by atoms with Gasteiger partial charge in [0.2, 0.25) is 5.88 Å². The molecule has 1 aromatic carbocycles. The lowest BCUT2D eigenvalue weighted by Gasteiger charge is -2.35. The zero-order valence-corrected chi connectivity index (χ0v) is 27.3. The minimum atomic E-state index is -2.91. The van der Waals surface area contributed by atoms with Crippen molar-refractivity contribution in [3.63, 3.8) is 0 Å². The van der Waals surface area contributed by atoms with Crippen molar-refractivity contribution in [2.24, 2.45) is 5.92 Å². The van der Waals surface area contributed by atoms with Gasteiger partial charge in [-0.25, -0.2) is 18.4 Å². The molecule has 0 radical (unpaired) electrons. The number of nitrogens with zero attached hydrogens (tertiary/aromatic N) is 5. The van der Waals surface area contributed by atoms with Gasteiger partial charge in [-0.3, -0.25) is 9.80 Å². The van der Waals surface area contributed by atoms with Gasteiger partial charge in [0.15, 0.2) is 0 Å². The molecule has 0 N–H and O–H groups in total. The second-order valence-corrected chi connectivity index (χ2v) is 14.9. The first-order valence-electron chi connectivity index (χ1n) is 15.1. The second-order valence-electron chi connectivity index (χ2n) is 11.8. The second kappa shape index (κ2) is 14.6. The molecule has 232 valence electrons. The SMILES string of the molecule is CCC1CCN(Cc2cc(Oc3ccc(N4CCN(CCCS(C)(=O)=O)CC4)nc3)nc(-c3cc(Cl)cc(Cl)c3)c2)CC1. The molecule has 43 heavy (non-hydrogen) atoms. The molecule has 11 heteroatoms. The Bertz CT molecular complexity index is 1450. The van der Waals surface area contributed by atoms with Crippen LogP contribution in [0.5, 0.6) is 11.6 Å². The summed E-state index contributed by atoms with van der Waals surface area (Å²) in [5, 5.41) is 1.13. The van der Waals surface area contributed by atoms with Gasteiger partial charge in [0, 0.05) is 60.7 Å². The molecule has 0 atom stereocenters. The van der Waals surface area contributed by atoms with Gasteiger partial charge in [-0.05, 0) is 86.8 Å². The Kier molecular flexibility index (Phi) is 10.8. The Morgan fingerprint density at radius 2 is 1.65 bits per heavy atom. The fourth-order valence-corrected chi connectivity index (χ4v) is 7.03. The normalized spacial score (nSPS) is 17.3. The average molecular weight is 647 g/mol. The van der Waals surface area contributed by atoms with Gasteiger partial charge >= 0.3 is 0 Å². The molecule has 0 bridgehead atoms. The van der Waals surface area contributed by atoms with Crippen LogP contribution in [0.3, 0.4) is 0 Å². The van der Waals surface area contributed by atoms with E-state index in [9.17, 15) is 8.42 Å². The number of ether oxygens (including phenoxy) is 1. The molecule has 0 aliphatic carbocycles. The zero-order chi connectivity index (χ0) is 30.4. The van der Waals surface area contributed by atoms with E-state index in [2.05, 4.69) is 32.7 Å². The van der Waals surface area contributed by atoms with E-state index >= 15 is 0 Å². The highest BCUT2D eigenvalue weighted by Gasteiger charge is 2.20. The summed E-state index contributed by atoms with van der Waals surface area (Å²) in [6.45, 7) is 9.55. The average Bonchev–Trinajstić information content (AvgIpc) is 2.97. The summed E-state index contributed by atoms with van der Waals surface area (Å²) in [4.78, 5) is 16.6. The van der Waals surface area contributed by atoms with Crippen LogP contribution in [0.2, 0.25) is 10.0 Å². The van der Waals surface area contributed by atoms with Crippen molar-refractivity contribution in [3.05, 3.63) is 64.3 Å². The van der Waals surface area contributed by atoms with Crippen molar-refractivity contribution in [1.29, 1.82) is 0 Å². The molecule has 2 saturated heterocycles. The van der Waals surface area contributed by atoms with E-state index in [0.29, 0.717) is 28.1 Å². The Morgan fingerprint density at radius 1 is 0.930 bits per heavy atom. The van der Waals surface area contributed by atoms with Crippen molar-refractivity contribution in [1.82, 2.24) is 19.8 Å². The van der Waals surface area contributed by atoms with Crippen LogP contribution in [-0.2, 0) is 16.4 Å². The maximum Gasteiger partial charge on any atom is 0.220 e. The summed E-state index contributed by atoms with van der Waals surface area (Å²) in [5.74, 6) is 3.08. The third-order valence-electron chi connectivity index (χ3n) is 8.34. The van der Waals surface area contributed by atoms with Crippen molar-refractivity contribution in [2.75, 3.05) is 62.7 Å². The number of rotatable bonds is 11. The molecule has 0 unspecified atom stereocenters. The smallest absolute Gasteiger partial charge is 0.220 e. The van der Waals surface area contributed by atoms with Gasteiger partial charge in [-0.15, -0.1) is 0 Å². The highest BCUT2D eigenvalue weighted by atomic mass is 35.5. The summed E-state index contributed by atoms with van der Waals surface area (Å²) in [7, 11) is -2.91. The molecule has 0 amide bonds. The molecule has 5 rings (SSSR count). The molecular weight excluding hydrogens is 605 g/mol. The number of benzene rings is 1. The molecule has 2 fully saturated rings. The minimum absolute atomic E-state index is 0.236. The molecule has 4 heterocycles.